The molecule has 1 unspecified atom stereocenters. The first-order chi connectivity index (χ1) is 15.3. The second-order valence-electron chi connectivity index (χ2n) is 8.63. The molecule has 0 saturated carbocycles. The third-order valence-electron chi connectivity index (χ3n) is 5.81. The maximum atomic E-state index is 12.5. The molecule has 1 amide bonds. The number of likely N-dealkylation sites (tertiary alicyclic amines) is 1. The number of carbonyl (C=O) groups is 2. The number of amides is 1. The van der Waals surface area contributed by atoms with E-state index >= 15 is 0 Å². The molecule has 1 aliphatic rings. The quantitative estimate of drug-likeness (QED) is 0.617. The van der Waals surface area contributed by atoms with Crippen LogP contribution in [0.25, 0.3) is 5.57 Å². The molecule has 1 aliphatic heterocycles. The third kappa shape index (κ3) is 5.71. The molecule has 1 fully saturated rings. The molecular weight excluding hydrogens is 402 g/mol. The Labute approximate surface area is 189 Å². The highest BCUT2D eigenvalue weighted by molar-refractivity contribution is 6.10. The standard InChI is InChI=1S/C26H31N3O3/c1-17(2)23(20-7-5-4-6-8-20)14-28-24(27)21-11-9-19(10-12-21)13-18(3)25(30)29-15-22(16-29)26(31)32/h4-12,14,18,22,24H,13,15-16,27H2,1-3H3,(H,31,32)/t18-,24?/m0/s1. The van der Waals surface area contributed by atoms with Gasteiger partial charge in [0, 0.05) is 25.2 Å². The zero-order valence-corrected chi connectivity index (χ0v) is 18.9. The first-order valence-corrected chi connectivity index (χ1v) is 10.9. The minimum atomic E-state index is -0.836. The summed E-state index contributed by atoms with van der Waals surface area (Å²) in [6.45, 7) is 6.60. The van der Waals surface area contributed by atoms with Crippen molar-refractivity contribution in [3.05, 3.63) is 76.9 Å². The highest BCUT2D eigenvalue weighted by atomic mass is 16.4. The van der Waals surface area contributed by atoms with Crippen molar-refractivity contribution in [1.82, 2.24) is 4.90 Å². The van der Waals surface area contributed by atoms with E-state index in [1.807, 2.05) is 55.6 Å². The molecule has 168 valence electrons. The summed E-state index contributed by atoms with van der Waals surface area (Å²) in [6, 6.07) is 17.9. The summed E-state index contributed by atoms with van der Waals surface area (Å²) in [6.07, 6.45) is 1.96. The van der Waals surface area contributed by atoms with E-state index in [0.717, 1.165) is 27.8 Å². The number of carbonyl (C=O) groups excluding carboxylic acids is 1. The Kier molecular flexibility index (Phi) is 7.59. The highest BCUT2D eigenvalue weighted by Gasteiger charge is 2.37. The fourth-order valence-electron chi connectivity index (χ4n) is 3.77. The molecule has 6 nitrogen and oxygen atoms in total. The van der Waals surface area contributed by atoms with E-state index in [9.17, 15) is 9.59 Å². The van der Waals surface area contributed by atoms with Crippen LogP contribution in [-0.2, 0) is 16.0 Å². The number of aliphatic carboxylic acids is 1. The molecule has 1 saturated heterocycles. The second-order valence-corrected chi connectivity index (χ2v) is 8.63. The summed E-state index contributed by atoms with van der Waals surface area (Å²) in [5.74, 6) is -1.46. The van der Waals surface area contributed by atoms with E-state index < -0.39 is 18.1 Å². The fourth-order valence-corrected chi connectivity index (χ4v) is 3.77. The maximum absolute atomic E-state index is 12.5. The number of nitrogens with two attached hydrogens (primary N) is 1. The molecule has 2 atom stereocenters. The van der Waals surface area contributed by atoms with Gasteiger partial charge in [-0.2, -0.15) is 0 Å². The number of allylic oxidation sites excluding steroid dienone is 2. The lowest BCUT2D eigenvalue weighted by Gasteiger charge is -2.38. The smallest absolute Gasteiger partial charge is 0.310 e. The van der Waals surface area contributed by atoms with E-state index in [2.05, 4.69) is 31.0 Å². The zero-order chi connectivity index (χ0) is 23.3. The Balaban J connectivity index is 1.59. The van der Waals surface area contributed by atoms with Crippen molar-refractivity contribution in [3.8, 4) is 0 Å². The summed E-state index contributed by atoms with van der Waals surface area (Å²) in [5.41, 5.74) is 11.6. The molecule has 3 rings (SSSR count). The van der Waals surface area contributed by atoms with Gasteiger partial charge in [0.15, 0.2) is 0 Å². The molecule has 2 aromatic rings. The van der Waals surface area contributed by atoms with E-state index in [4.69, 9.17) is 10.8 Å². The average molecular weight is 434 g/mol. The summed E-state index contributed by atoms with van der Waals surface area (Å²) in [7, 11) is 0. The van der Waals surface area contributed by atoms with Gasteiger partial charge in [0.2, 0.25) is 5.91 Å². The predicted octanol–water partition coefficient (Wildman–Crippen LogP) is 3.93. The second kappa shape index (κ2) is 10.4. The van der Waals surface area contributed by atoms with Crippen molar-refractivity contribution >= 4 is 23.7 Å². The van der Waals surface area contributed by atoms with Crippen LogP contribution in [0, 0.1) is 11.8 Å². The van der Waals surface area contributed by atoms with Gasteiger partial charge in [-0.05, 0) is 42.5 Å². The summed E-state index contributed by atoms with van der Waals surface area (Å²) < 4.78 is 0. The lowest BCUT2D eigenvalue weighted by Crippen LogP contribution is -2.54. The predicted molar refractivity (Wildman–Crippen MR) is 127 cm³/mol. The Hall–Kier alpha value is -3.25. The van der Waals surface area contributed by atoms with Gasteiger partial charge in [0.05, 0.1) is 5.92 Å². The van der Waals surface area contributed by atoms with Crippen LogP contribution >= 0.6 is 0 Å². The van der Waals surface area contributed by atoms with Crippen molar-refractivity contribution in [1.29, 1.82) is 0 Å². The molecular formula is C26H31N3O3. The molecule has 0 radical (unpaired) electrons. The summed E-state index contributed by atoms with van der Waals surface area (Å²) in [4.78, 5) is 29.6. The van der Waals surface area contributed by atoms with Crippen LogP contribution < -0.4 is 5.73 Å². The van der Waals surface area contributed by atoms with Crippen molar-refractivity contribution in [2.24, 2.45) is 22.6 Å². The van der Waals surface area contributed by atoms with Crippen LogP contribution in [0.3, 0.4) is 0 Å². The lowest BCUT2D eigenvalue weighted by atomic mass is 9.94. The minimum Gasteiger partial charge on any atom is -0.481 e. The zero-order valence-electron chi connectivity index (χ0n) is 18.9. The van der Waals surface area contributed by atoms with Gasteiger partial charge in [-0.25, -0.2) is 0 Å². The van der Waals surface area contributed by atoms with Crippen molar-refractivity contribution in [2.45, 2.75) is 33.4 Å². The van der Waals surface area contributed by atoms with E-state index in [0.29, 0.717) is 19.5 Å². The number of aliphatic imine (C=N–C) groups is 1. The van der Waals surface area contributed by atoms with Crippen LogP contribution in [0.5, 0.6) is 0 Å². The third-order valence-corrected chi connectivity index (χ3v) is 5.81. The lowest BCUT2D eigenvalue weighted by molar-refractivity contribution is -0.154. The normalized spacial score (nSPS) is 15.8. The number of nitrogens with zero attached hydrogens (tertiary/aromatic N) is 2. The van der Waals surface area contributed by atoms with Crippen LogP contribution in [0.15, 0.2) is 65.2 Å². The van der Waals surface area contributed by atoms with Crippen LogP contribution in [0.1, 0.15) is 43.6 Å². The van der Waals surface area contributed by atoms with Crippen LogP contribution in [0.4, 0.5) is 0 Å². The summed E-state index contributed by atoms with van der Waals surface area (Å²) >= 11 is 0. The molecule has 32 heavy (non-hydrogen) atoms. The van der Waals surface area contributed by atoms with Gasteiger partial charge in [0.1, 0.15) is 6.17 Å². The first kappa shape index (κ1) is 23.4. The van der Waals surface area contributed by atoms with Crippen molar-refractivity contribution < 1.29 is 14.7 Å². The molecule has 0 spiro atoms. The molecule has 0 aromatic heterocycles. The molecule has 6 heteroatoms. The summed E-state index contributed by atoms with van der Waals surface area (Å²) in [5, 5.41) is 8.97. The molecule has 2 aromatic carbocycles. The SMILES string of the molecule is CC(C)=C(C=NC(N)c1ccc(C[C@H](C)C(=O)N2CC(C(=O)O)C2)cc1)c1ccccc1. The molecule has 3 N–H and O–H groups in total. The average Bonchev–Trinajstić information content (AvgIpc) is 2.73. The number of hydrogen-bond donors (Lipinski definition) is 2. The highest BCUT2D eigenvalue weighted by Crippen LogP contribution is 2.22. The van der Waals surface area contributed by atoms with Gasteiger partial charge >= 0.3 is 5.97 Å². The number of rotatable bonds is 8. The van der Waals surface area contributed by atoms with Crippen LogP contribution in [0.2, 0.25) is 0 Å². The number of carboxylic acid groups (broad SMARTS) is 1. The molecule has 1 heterocycles. The van der Waals surface area contributed by atoms with E-state index in [1.54, 1.807) is 4.90 Å². The molecule has 0 aliphatic carbocycles. The van der Waals surface area contributed by atoms with Crippen LogP contribution in [-0.4, -0.2) is 41.2 Å². The number of hydrogen-bond acceptors (Lipinski definition) is 4. The van der Waals surface area contributed by atoms with Crippen molar-refractivity contribution in [3.63, 3.8) is 0 Å². The van der Waals surface area contributed by atoms with Gasteiger partial charge in [-0.1, -0.05) is 67.1 Å². The van der Waals surface area contributed by atoms with Gasteiger partial charge < -0.3 is 15.7 Å². The Morgan fingerprint density at radius 3 is 2.31 bits per heavy atom. The molecule has 0 bridgehead atoms. The Morgan fingerprint density at radius 1 is 1.12 bits per heavy atom. The first-order valence-electron chi connectivity index (χ1n) is 10.9. The van der Waals surface area contributed by atoms with Crippen molar-refractivity contribution in [2.75, 3.05) is 13.1 Å². The number of carboxylic acids is 1. The fraction of sp³-hybridized carbons (Fsp3) is 0.346. The monoisotopic (exact) mass is 433 g/mol. The van der Waals surface area contributed by atoms with Gasteiger partial charge in [-0.15, -0.1) is 0 Å². The minimum absolute atomic E-state index is 0.00282. The topological polar surface area (TPSA) is 96.0 Å². The van der Waals surface area contributed by atoms with Gasteiger partial charge in [0.25, 0.3) is 0 Å². The van der Waals surface area contributed by atoms with Gasteiger partial charge in [-0.3, -0.25) is 14.6 Å². The Bertz CT molecular complexity index is 1000. The number of benzene rings is 2. The maximum Gasteiger partial charge on any atom is 0.310 e. The largest absolute Gasteiger partial charge is 0.481 e. The van der Waals surface area contributed by atoms with E-state index in [-0.39, 0.29) is 11.8 Å². The Morgan fingerprint density at radius 2 is 1.75 bits per heavy atom. The van der Waals surface area contributed by atoms with E-state index in [1.165, 1.54) is 0 Å².